The summed E-state index contributed by atoms with van der Waals surface area (Å²) in [5, 5.41) is 10.6. The smallest absolute Gasteiger partial charge is 0.273 e. The van der Waals surface area contributed by atoms with Crippen LogP contribution in [0.15, 0.2) is 6.20 Å². The maximum absolute atomic E-state index is 12.3. The highest BCUT2D eigenvalue weighted by molar-refractivity contribution is 5.92. The van der Waals surface area contributed by atoms with E-state index in [-0.39, 0.29) is 41.6 Å². The number of carbonyl (C=O) groups is 2. The Morgan fingerprint density at radius 1 is 1.48 bits per heavy atom. The molecular weight excluding hydrogens is 298 g/mol. The Bertz CT molecular complexity index is 581. The van der Waals surface area contributed by atoms with Gasteiger partial charge in [-0.1, -0.05) is 19.1 Å². The van der Waals surface area contributed by atoms with E-state index in [2.05, 4.69) is 29.5 Å². The van der Waals surface area contributed by atoms with Crippen LogP contribution in [-0.2, 0) is 16.1 Å². The van der Waals surface area contributed by atoms with Crippen LogP contribution in [0, 0.1) is 5.41 Å². The lowest BCUT2D eigenvalue weighted by Crippen LogP contribution is -2.62. The second-order valence-corrected chi connectivity index (χ2v) is 6.62. The molecule has 0 aliphatic heterocycles. The first-order chi connectivity index (χ1) is 10.8. The summed E-state index contributed by atoms with van der Waals surface area (Å²) in [6, 6.07) is 0.0418. The highest BCUT2D eigenvalue weighted by Crippen LogP contribution is 2.42. The molecule has 1 N–H and O–H groups in total. The maximum atomic E-state index is 12.3. The molecule has 0 saturated heterocycles. The van der Waals surface area contributed by atoms with Crippen LogP contribution in [0.4, 0.5) is 0 Å². The molecule has 0 spiro atoms. The van der Waals surface area contributed by atoms with Gasteiger partial charge in [0.1, 0.15) is 6.54 Å². The van der Waals surface area contributed by atoms with Gasteiger partial charge in [-0.15, -0.1) is 5.10 Å². The number of rotatable bonds is 6. The monoisotopic (exact) mass is 323 g/mol. The third-order valence-electron chi connectivity index (χ3n) is 4.42. The lowest BCUT2D eigenvalue weighted by molar-refractivity contribution is -0.129. The van der Waals surface area contributed by atoms with Crippen molar-refractivity contribution in [3.8, 4) is 0 Å². The summed E-state index contributed by atoms with van der Waals surface area (Å²) in [7, 11) is 3.33. The molecule has 0 radical (unpaired) electrons. The molecule has 128 valence electrons. The van der Waals surface area contributed by atoms with Crippen molar-refractivity contribution < 1.29 is 14.3 Å². The first-order valence-electron chi connectivity index (χ1n) is 7.78. The Balaban J connectivity index is 1.92. The van der Waals surface area contributed by atoms with Gasteiger partial charge in [0.15, 0.2) is 5.69 Å². The lowest BCUT2D eigenvalue weighted by atomic mass is 9.64. The lowest BCUT2D eigenvalue weighted by Gasteiger charge is -2.51. The quantitative estimate of drug-likeness (QED) is 0.813. The zero-order valence-electron chi connectivity index (χ0n) is 14.4. The summed E-state index contributed by atoms with van der Waals surface area (Å²) in [6.45, 7) is 6.86. The topological polar surface area (TPSA) is 89.4 Å². The van der Waals surface area contributed by atoms with Gasteiger partial charge in [-0.3, -0.25) is 9.59 Å². The van der Waals surface area contributed by atoms with Crippen LogP contribution in [0.5, 0.6) is 0 Å². The standard InChI is InChI=1S/C15H25N5O3/c1-6-23-12-7-11(15(12,2)3)16-14(22)10-8-20(18-17-10)9-13(21)19(4)5/h8,11-12H,6-7,9H2,1-5H3,(H,16,22)/t11-,12+/m0/s1. The van der Waals surface area contributed by atoms with E-state index in [4.69, 9.17) is 4.74 Å². The minimum Gasteiger partial charge on any atom is -0.378 e. The average Bonchev–Trinajstić information content (AvgIpc) is 2.94. The van der Waals surface area contributed by atoms with Crippen LogP contribution >= 0.6 is 0 Å². The molecule has 0 bridgehead atoms. The van der Waals surface area contributed by atoms with Crippen molar-refractivity contribution in [3.63, 3.8) is 0 Å². The molecule has 2 rings (SSSR count). The fourth-order valence-electron chi connectivity index (χ4n) is 2.61. The molecule has 1 saturated carbocycles. The number of aromatic nitrogens is 3. The summed E-state index contributed by atoms with van der Waals surface area (Å²) < 4.78 is 7.02. The van der Waals surface area contributed by atoms with Gasteiger partial charge >= 0.3 is 0 Å². The van der Waals surface area contributed by atoms with Crippen LogP contribution in [-0.4, -0.2) is 64.6 Å². The summed E-state index contributed by atoms with van der Waals surface area (Å²) in [5.41, 5.74) is 0.106. The molecule has 1 fully saturated rings. The summed E-state index contributed by atoms with van der Waals surface area (Å²) in [4.78, 5) is 25.4. The Morgan fingerprint density at radius 3 is 2.74 bits per heavy atom. The Morgan fingerprint density at radius 2 is 2.17 bits per heavy atom. The molecule has 0 aromatic carbocycles. The second-order valence-electron chi connectivity index (χ2n) is 6.62. The molecule has 1 aromatic heterocycles. The number of ether oxygens (including phenoxy) is 1. The number of likely N-dealkylation sites (N-methyl/N-ethyl adjacent to an activating group) is 1. The third kappa shape index (κ3) is 3.69. The first-order valence-corrected chi connectivity index (χ1v) is 7.78. The van der Waals surface area contributed by atoms with Gasteiger partial charge < -0.3 is 15.0 Å². The summed E-state index contributed by atoms with van der Waals surface area (Å²) >= 11 is 0. The molecular formula is C15H25N5O3. The zero-order chi connectivity index (χ0) is 17.2. The van der Waals surface area contributed by atoms with Crippen molar-refractivity contribution in [3.05, 3.63) is 11.9 Å². The van der Waals surface area contributed by atoms with Crippen LogP contribution in [0.3, 0.4) is 0 Å². The van der Waals surface area contributed by atoms with E-state index in [1.807, 2.05) is 6.92 Å². The van der Waals surface area contributed by atoms with Crippen molar-refractivity contribution in [1.82, 2.24) is 25.2 Å². The van der Waals surface area contributed by atoms with Gasteiger partial charge in [-0.25, -0.2) is 4.68 Å². The highest BCUT2D eigenvalue weighted by Gasteiger charge is 2.49. The number of hydrogen-bond acceptors (Lipinski definition) is 5. The Labute approximate surface area is 136 Å². The van der Waals surface area contributed by atoms with E-state index in [0.717, 1.165) is 6.42 Å². The zero-order valence-corrected chi connectivity index (χ0v) is 14.4. The summed E-state index contributed by atoms with van der Waals surface area (Å²) in [6.07, 6.45) is 2.44. The molecule has 2 atom stereocenters. The number of hydrogen-bond donors (Lipinski definition) is 1. The van der Waals surface area contributed by atoms with E-state index >= 15 is 0 Å². The number of nitrogens with one attached hydrogen (secondary N) is 1. The van der Waals surface area contributed by atoms with Gasteiger partial charge in [0, 0.05) is 32.2 Å². The van der Waals surface area contributed by atoms with Gasteiger partial charge in [0.2, 0.25) is 5.91 Å². The van der Waals surface area contributed by atoms with Gasteiger partial charge in [0.05, 0.1) is 12.3 Å². The van der Waals surface area contributed by atoms with Crippen LogP contribution < -0.4 is 5.32 Å². The third-order valence-corrected chi connectivity index (χ3v) is 4.42. The predicted octanol–water partition coefficient (Wildman–Crippen LogP) is 0.300. The molecule has 8 nitrogen and oxygen atoms in total. The predicted molar refractivity (Wildman–Crippen MR) is 83.8 cm³/mol. The van der Waals surface area contributed by atoms with Crippen LogP contribution in [0.1, 0.15) is 37.7 Å². The minimum absolute atomic E-state index is 0.0418. The van der Waals surface area contributed by atoms with E-state index in [1.165, 1.54) is 15.8 Å². The fourth-order valence-corrected chi connectivity index (χ4v) is 2.61. The molecule has 1 heterocycles. The van der Waals surface area contributed by atoms with Crippen LogP contribution in [0.2, 0.25) is 0 Å². The average molecular weight is 323 g/mol. The number of nitrogens with zero attached hydrogens (tertiary/aromatic N) is 4. The highest BCUT2D eigenvalue weighted by atomic mass is 16.5. The van der Waals surface area contributed by atoms with Crippen molar-refractivity contribution in [1.29, 1.82) is 0 Å². The number of amides is 2. The fraction of sp³-hybridized carbons (Fsp3) is 0.733. The first kappa shape index (κ1) is 17.4. The largest absolute Gasteiger partial charge is 0.378 e. The molecule has 1 aliphatic carbocycles. The second kappa shape index (κ2) is 6.66. The van der Waals surface area contributed by atoms with Gasteiger partial charge in [0.25, 0.3) is 5.91 Å². The molecule has 2 amide bonds. The van der Waals surface area contributed by atoms with Crippen molar-refractivity contribution >= 4 is 11.8 Å². The van der Waals surface area contributed by atoms with Gasteiger partial charge in [-0.2, -0.15) is 0 Å². The Hall–Kier alpha value is -1.96. The normalized spacial score (nSPS) is 22.3. The Kier molecular flexibility index (Phi) is 5.03. The maximum Gasteiger partial charge on any atom is 0.273 e. The van der Waals surface area contributed by atoms with E-state index in [1.54, 1.807) is 14.1 Å². The molecule has 23 heavy (non-hydrogen) atoms. The van der Waals surface area contributed by atoms with Crippen molar-refractivity contribution in [2.75, 3.05) is 20.7 Å². The number of carbonyl (C=O) groups excluding carboxylic acids is 2. The summed E-state index contributed by atoms with van der Waals surface area (Å²) in [5.74, 6) is -0.386. The van der Waals surface area contributed by atoms with Crippen molar-refractivity contribution in [2.24, 2.45) is 5.41 Å². The van der Waals surface area contributed by atoms with E-state index in [9.17, 15) is 9.59 Å². The SMILES string of the molecule is CCO[C@@H]1C[C@H](NC(=O)c2cn(CC(=O)N(C)C)nn2)C1(C)C. The molecule has 1 aliphatic rings. The molecule has 0 unspecified atom stereocenters. The van der Waals surface area contributed by atoms with E-state index in [0.29, 0.717) is 6.61 Å². The van der Waals surface area contributed by atoms with E-state index < -0.39 is 0 Å². The van der Waals surface area contributed by atoms with Crippen molar-refractivity contribution in [2.45, 2.75) is 45.9 Å². The minimum atomic E-state index is -0.276. The molecule has 1 aromatic rings. The molecule has 8 heteroatoms. The van der Waals surface area contributed by atoms with Crippen LogP contribution in [0.25, 0.3) is 0 Å². The van der Waals surface area contributed by atoms with Gasteiger partial charge in [-0.05, 0) is 13.3 Å².